The van der Waals surface area contributed by atoms with Crippen molar-refractivity contribution in [1.29, 1.82) is 0 Å². The molecule has 1 saturated heterocycles. The highest BCUT2D eigenvalue weighted by Gasteiger charge is 2.19. The highest BCUT2D eigenvalue weighted by molar-refractivity contribution is 5.25. The Morgan fingerprint density at radius 2 is 1.89 bits per heavy atom. The number of nitrogens with one attached hydrogen (secondary N) is 1. The maximum absolute atomic E-state index is 8.93. The van der Waals surface area contributed by atoms with Crippen LogP contribution in [-0.2, 0) is 6.54 Å². The summed E-state index contributed by atoms with van der Waals surface area (Å²) in [6.07, 6.45) is 2.43. The summed E-state index contributed by atoms with van der Waals surface area (Å²) in [5.41, 5.74) is 2.82. The molecule has 0 aromatic heterocycles. The average Bonchev–Trinajstić information content (AvgIpc) is 2.41. The van der Waals surface area contributed by atoms with Gasteiger partial charge in [0.15, 0.2) is 0 Å². The van der Waals surface area contributed by atoms with E-state index in [4.69, 9.17) is 5.11 Å². The molecule has 0 unspecified atom stereocenters. The predicted molar refractivity (Wildman–Crippen MR) is 74.7 cm³/mol. The zero-order valence-corrected chi connectivity index (χ0v) is 11.2. The van der Waals surface area contributed by atoms with Gasteiger partial charge in [0.1, 0.15) is 0 Å². The summed E-state index contributed by atoms with van der Waals surface area (Å²) in [6, 6.07) is 9.01. The third kappa shape index (κ3) is 3.55. The number of β-amino-alcohol motifs (C(OH)–C–C–N with tert-alkyl or cyclic N) is 1. The quantitative estimate of drug-likeness (QED) is 0.830. The van der Waals surface area contributed by atoms with Gasteiger partial charge in [-0.25, -0.2) is 0 Å². The molecule has 3 nitrogen and oxygen atoms in total. The van der Waals surface area contributed by atoms with E-state index in [1.54, 1.807) is 0 Å². The summed E-state index contributed by atoms with van der Waals surface area (Å²) < 4.78 is 0. The molecule has 2 N–H and O–H groups in total. The molecule has 0 spiro atoms. The van der Waals surface area contributed by atoms with Crippen LogP contribution in [0.2, 0.25) is 0 Å². The molecule has 3 heteroatoms. The molecule has 0 amide bonds. The summed E-state index contributed by atoms with van der Waals surface area (Å²) in [5.74, 6) is 0.698. The summed E-state index contributed by atoms with van der Waals surface area (Å²) >= 11 is 0. The van der Waals surface area contributed by atoms with Gasteiger partial charge in [-0.3, -0.25) is 0 Å². The van der Waals surface area contributed by atoms with E-state index in [2.05, 4.69) is 34.5 Å². The highest BCUT2D eigenvalue weighted by atomic mass is 16.3. The molecule has 100 valence electrons. The number of rotatable bonds is 5. The van der Waals surface area contributed by atoms with E-state index in [0.29, 0.717) is 5.92 Å². The molecular weight excluding hydrogens is 224 g/mol. The molecule has 2 rings (SSSR count). The highest BCUT2D eigenvalue weighted by Crippen LogP contribution is 2.27. The Morgan fingerprint density at radius 3 is 2.44 bits per heavy atom. The van der Waals surface area contributed by atoms with Crippen LogP contribution in [0, 0.1) is 0 Å². The monoisotopic (exact) mass is 248 g/mol. The average molecular weight is 248 g/mol. The van der Waals surface area contributed by atoms with Crippen LogP contribution in [0.1, 0.15) is 29.9 Å². The van der Waals surface area contributed by atoms with Gasteiger partial charge in [-0.1, -0.05) is 24.3 Å². The second kappa shape index (κ2) is 6.88. The van der Waals surface area contributed by atoms with Gasteiger partial charge in [0.05, 0.1) is 6.61 Å². The molecule has 1 heterocycles. The van der Waals surface area contributed by atoms with Crippen LogP contribution in [-0.4, -0.2) is 43.3 Å². The minimum absolute atomic E-state index is 0.281. The van der Waals surface area contributed by atoms with Crippen molar-refractivity contribution >= 4 is 0 Å². The van der Waals surface area contributed by atoms with E-state index in [1.807, 2.05) is 7.05 Å². The van der Waals surface area contributed by atoms with Gasteiger partial charge in [0.2, 0.25) is 0 Å². The lowest BCUT2D eigenvalue weighted by Gasteiger charge is -2.31. The Balaban J connectivity index is 1.89. The number of likely N-dealkylation sites (tertiary alicyclic amines) is 1. The Morgan fingerprint density at radius 1 is 1.22 bits per heavy atom. The zero-order valence-electron chi connectivity index (χ0n) is 11.2. The largest absolute Gasteiger partial charge is 0.395 e. The topological polar surface area (TPSA) is 35.5 Å². The molecule has 1 aromatic rings. The van der Waals surface area contributed by atoms with Gasteiger partial charge < -0.3 is 15.3 Å². The molecule has 0 saturated carbocycles. The predicted octanol–water partition coefficient (Wildman–Crippen LogP) is 1.58. The van der Waals surface area contributed by atoms with Crippen molar-refractivity contribution in [2.45, 2.75) is 25.3 Å². The van der Waals surface area contributed by atoms with E-state index < -0.39 is 0 Å². The molecule has 1 aliphatic rings. The SMILES string of the molecule is CNCc1ccc(C2CCN(CCO)CC2)cc1. The van der Waals surface area contributed by atoms with Gasteiger partial charge in [-0.2, -0.15) is 0 Å². The molecule has 18 heavy (non-hydrogen) atoms. The van der Waals surface area contributed by atoms with E-state index in [9.17, 15) is 0 Å². The number of nitrogens with zero attached hydrogens (tertiary/aromatic N) is 1. The molecule has 0 aliphatic carbocycles. The third-order valence-corrected chi connectivity index (χ3v) is 3.84. The van der Waals surface area contributed by atoms with Crippen molar-refractivity contribution in [3.63, 3.8) is 0 Å². The second-order valence-electron chi connectivity index (χ2n) is 5.11. The van der Waals surface area contributed by atoms with Crippen molar-refractivity contribution in [1.82, 2.24) is 10.2 Å². The van der Waals surface area contributed by atoms with E-state index in [-0.39, 0.29) is 6.61 Å². The zero-order chi connectivity index (χ0) is 12.8. The number of aliphatic hydroxyl groups is 1. The van der Waals surface area contributed by atoms with Crippen LogP contribution in [0.15, 0.2) is 24.3 Å². The van der Waals surface area contributed by atoms with E-state index in [1.165, 1.54) is 24.0 Å². The van der Waals surface area contributed by atoms with Crippen LogP contribution < -0.4 is 5.32 Å². The Kier molecular flexibility index (Phi) is 5.17. The van der Waals surface area contributed by atoms with Crippen LogP contribution in [0.5, 0.6) is 0 Å². The molecule has 1 aromatic carbocycles. The number of hydrogen-bond acceptors (Lipinski definition) is 3. The smallest absolute Gasteiger partial charge is 0.0558 e. The lowest BCUT2D eigenvalue weighted by molar-refractivity contribution is 0.164. The first-order valence-corrected chi connectivity index (χ1v) is 6.90. The Bertz CT molecular complexity index is 342. The van der Waals surface area contributed by atoms with Crippen molar-refractivity contribution in [2.75, 3.05) is 33.3 Å². The Labute approximate surface area is 110 Å². The van der Waals surface area contributed by atoms with Crippen LogP contribution in [0.25, 0.3) is 0 Å². The lowest BCUT2D eigenvalue weighted by Crippen LogP contribution is -2.34. The fourth-order valence-electron chi connectivity index (χ4n) is 2.74. The lowest BCUT2D eigenvalue weighted by atomic mass is 9.89. The minimum atomic E-state index is 0.281. The number of piperidine rings is 1. The standard InChI is InChI=1S/C15H24N2O/c1-16-12-13-2-4-14(5-3-13)15-6-8-17(9-7-15)10-11-18/h2-5,15-16,18H,6-12H2,1H3. The first-order valence-electron chi connectivity index (χ1n) is 6.90. The second-order valence-corrected chi connectivity index (χ2v) is 5.11. The third-order valence-electron chi connectivity index (χ3n) is 3.84. The van der Waals surface area contributed by atoms with E-state index in [0.717, 1.165) is 26.2 Å². The van der Waals surface area contributed by atoms with Gasteiger partial charge in [-0.05, 0) is 50.0 Å². The molecule has 0 atom stereocenters. The van der Waals surface area contributed by atoms with Crippen LogP contribution >= 0.6 is 0 Å². The first-order chi connectivity index (χ1) is 8.83. The fourth-order valence-corrected chi connectivity index (χ4v) is 2.74. The molecule has 1 aliphatic heterocycles. The van der Waals surface area contributed by atoms with Gasteiger partial charge in [0.25, 0.3) is 0 Å². The van der Waals surface area contributed by atoms with Crippen molar-refractivity contribution < 1.29 is 5.11 Å². The summed E-state index contributed by atoms with van der Waals surface area (Å²) in [4.78, 5) is 2.35. The van der Waals surface area contributed by atoms with E-state index >= 15 is 0 Å². The van der Waals surface area contributed by atoms with Crippen molar-refractivity contribution in [3.8, 4) is 0 Å². The van der Waals surface area contributed by atoms with Crippen molar-refractivity contribution in [2.24, 2.45) is 0 Å². The normalized spacial score (nSPS) is 18.1. The number of aliphatic hydroxyl groups excluding tert-OH is 1. The molecule has 1 fully saturated rings. The number of hydrogen-bond donors (Lipinski definition) is 2. The summed E-state index contributed by atoms with van der Waals surface area (Å²) in [6.45, 7) is 4.28. The van der Waals surface area contributed by atoms with Crippen LogP contribution in [0.3, 0.4) is 0 Å². The maximum Gasteiger partial charge on any atom is 0.0558 e. The minimum Gasteiger partial charge on any atom is -0.395 e. The van der Waals surface area contributed by atoms with Gasteiger partial charge >= 0.3 is 0 Å². The molecular formula is C15H24N2O. The maximum atomic E-state index is 8.93. The number of benzene rings is 1. The molecule has 0 radical (unpaired) electrons. The van der Waals surface area contributed by atoms with Gasteiger partial charge in [0, 0.05) is 13.1 Å². The first kappa shape index (κ1) is 13.5. The van der Waals surface area contributed by atoms with Crippen LogP contribution in [0.4, 0.5) is 0 Å². The van der Waals surface area contributed by atoms with Crippen molar-refractivity contribution in [3.05, 3.63) is 35.4 Å². The fraction of sp³-hybridized carbons (Fsp3) is 0.600. The summed E-state index contributed by atoms with van der Waals surface area (Å²) in [5, 5.41) is 12.1. The van der Waals surface area contributed by atoms with Gasteiger partial charge in [-0.15, -0.1) is 0 Å². The molecule has 0 bridgehead atoms. The Hall–Kier alpha value is -0.900. The summed E-state index contributed by atoms with van der Waals surface area (Å²) in [7, 11) is 1.98.